The van der Waals surface area contributed by atoms with E-state index in [9.17, 15) is 4.79 Å². The van der Waals surface area contributed by atoms with E-state index in [0.717, 1.165) is 24.2 Å². The van der Waals surface area contributed by atoms with Gasteiger partial charge in [-0.15, -0.1) is 0 Å². The Morgan fingerprint density at radius 3 is 2.78 bits per heavy atom. The summed E-state index contributed by atoms with van der Waals surface area (Å²) in [6, 6.07) is 15.4. The Morgan fingerprint density at radius 2 is 1.96 bits per heavy atom. The fourth-order valence-electron chi connectivity index (χ4n) is 2.55. The van der Waals surface area contributed by atoms with E-state index >= 15 is 0 Å². The van der Waals surface area contributed by atoms with Gasteiger partial charge in [0.2, 0.25) is 0 Å². The van der Waals surface area contributed by atoms with Crippen LogP contribution in [-0.4, -0.2) is 22.4 Å². The molecule has 0 radical (unpaired) electrons. The van der Waals surface area contributed by atoms with Gasteiger partial charge < -0.3 is 10.6 Å². The number of nitrogens with zero attached hydrogens (tertiary/aromatic N) is 2. The molecular weight excluding hydrogens is 288 g/mol. The minimum Gasteiger partial charge on any atom is -0.338 e. The molecule has 0 aliphatic carbocycles. The van der Waals surface area contributed by atoms with Crippen LogP contribution in [-0.2, 0) is 6.54 Å². The molecule has 2 amide bonds. The van der Waals surface area contributed by atoms with E-state index in [-0.39, 0.29) is 6.03 Å². The SMILES string of the molecule is Cc1cccc2c1cnn2CCCNC(=O)Nc1ccccc1. The summed E-state index contributed by atoms with van der Waals surface area (Å²) in [4.78, 5) is 11.8. The summed E-state index contributed by atoms with van der Waals surface area (Å²) < 4.78 is 1.99. The molecule has 5 nitrogen and oxygen atoms in total. The smallest absolute Gasteiger partial charge is 0.319 e. The van der Waals surface area contributed by atoms with Gasteiger partial charge in [-0.3, -0.25) is 4.68 Å². The van der Waals surface area contributed by atoms with Crippen LogP contribution in [0, 0.1) is 6.92 Å². The highest BCUT2D eigenvalue weighted by molar-refractivity contribution is 5.89. The molecule has 5 heteroatoms. The van der Waals surface area contributed by atoms with E-state index < -0.39 is 0 Å². The normalized spacial score (nSPS) is 10.7. The third kappa shape index (κ3) is 3.69. The van der Waals surface area contributed by atoms with Crippen LogP contribution in [0.25, 0.3) is 10.9 Å². The molecule has 3 aromatic rings. The summed E-state index contributed by atoms with van der Waals surface area (Å²) in [5, 5.41) is 11.3. The first-order valence-electron chi connectivity index (χ1n) is 7.75. The topological polar surface area (TPSA) is 59.0 Å². The van der Waals surface area contributed by atoms with Crippen LogP contribution in [0.3, 0.4) is 0 Å². The van der Waals surface area contributed by atoms with Gasteiger partial charge in [0.25, 0.3) is 0 Å². The number of carbonyl (C=O) groups excluding carboxylic acids is 1. The summed E-state index contributed by atoms with van der Waals surface area (Å²) in [6.45, 7) is 3.47. The summed E-state index contributed by atoms with van der Waals surface area (Å²) in [5.74, 6) is 0. The molecule has 3 rings (SSSR count). The van der Waals surface area contributed by atoms with Gasteiger partial charge in [-0.1, -0.05) is 30.3 Å². The predicted molar refractivity (Wildman–Crippen MR) is 92.6 cm³/mol. The molecule has 0 saturated heterocycles. The van der Waals surface area contributed by atoms with Crippen LogP contribution in [0.5, 0.6) is 0 Å². The van der Waals surface area contributed by atoms with Crippen molar-refractivity contribution < 1.29 is 4.79 Å². The summed E-state index contributed by atoms with van der Waals surface area (Å²) in [6.07, 6.45) is 2.73. The number of carbonyl (C=O) groups is 1. The number of rotatable bonds is 5. The monoisotopic (exact) mass is 308 g/mol. The quantitative estimate of drug-likeness (QED) is 0.708. The van der Waals surface area contributed by atoms with Gasteiger partial charge in [-0.2, -0.15) is 5.10 Å². The van der Waals surface area contributed by atoms with Crippen molar-refractivity contribution in [3.63, 3.8) is 0 Å². The largest absolute Gasteiger partial charge is 0.338 e. The Morgan fingerprint density at radius 1 is 1.13 bits per heavy atom. The number of amides is 2. The standard InChI is InChI=1S/C18H20N4O/c1-14-7-5-10-17-16(14)13-20-22(17)12-6-11-19-18(23)21-15-8-3-2-4-9-15/h2-5,7-10,13H,6,11-12H2,1H3,(H2,19,21,23). The Labute approximate surface area is 135 Å². The van der Waals surface area contributed by atoms with Crippen LogP contribution in [0.15, 0.2) is 54.7 Å². The van der Waals surface area contributed by atoms with Gasteiger partial charge in [0, 0.05) is 24.2 Å². The lowest BCUT2D eigenvalue weighted by atomic mass is 10.1. The van der Waals surface area contributed by atoms with E-state index in [0.29, 0.717) is 6.54 Å². The van der Waals surface area contributed by atoms with Crippen molar-refractivity contribution in [3.05, 3.63) is 60.3 Å². The Balaban J connectivity index is 1.48. The highest BCUT2D eigenvalue weighted by atomic mass is 16.2. The highest BCUT2D eigenvalue weighted by Crippen LogP contribution is 2.17. The minimum atomic E-state index is -0.183. The fraction of sp³-hybridized carbons (Fsp3) is 0.222. The maximum Gasteiger partial charge on any atom is 0.319 e. The molecule has 2 N–H and O–H groups in total. The minimum absolute atomic E-state index is 0.183. The van der Waals surface area contributed by atoms with Gasteiger partial charge >= 0.3 is 6.03 Å². The van der Waals surface area contributed by atoms with E-state index in [1.807, 2.05) is 47.3 Å². The predicted octanol–water partition coefficient (Wildman–Crippen LogP) is 3.56. The van der Waals surface area contributed by atoms with Crippen LogP contribution >= 0.6 is 0 Å². The zero-order valence-electron chi connectivity index (χ0n) is 13.1. The van der Waals surface area contributed by atoms with Crippen LogP contribution in [0.1, 0.15) is 12.0 Å². The Hall–Kier alpha value is -2.82. The summed E-state index contributed by atoms with van der Waals surface area (Å²) in [5.41, 5.74) is 3.16. The van der Waals surface area contributed by atoms with Crippen LogP contribution in [0.2, 0.25) is 0 Å². The van der Waals surface area contributed by atoms with E-state index in [1.54, 1.807) is 0 Å². The van der Waals surface area contributed by atoms with Crippen molar-refractivity contribution in [3.8, 4) is 0 Å². The van der Waals surface area contributed by atoms with Crippen molar-refractivity contribution in [2.75, 3.05) is 11.9 Å². The first-order chi connectivity index (χ1) is 11.2. The van der Waals surface area contributed by atoms with E-state index in [1.165, 1.54) is 10.9 Å². The third-order valence-corrected chi connectivity index (χ3v) is 3.77. The molecule has 0 saturated carbocycles. The Kier molecular flexibility index (Phi) is 4.57. The molecule has 1 aromatic heterocycles. The van der Waals surface area contributed by atoms with Gasteiger partial charge in [-0.25, -0.2) is 4.79 Å². The van der Waals surface area contributed by atoms with Crippen molar-refractivity contribution in [2.24, 2.45) is 0 Å². The summed E-state index contributed by atoms with van der Waals surface area (Å²) >= 11 is 0. The molecule has 0 unspecified atom stereocenters. The third-order valence-electron chi connectivity index (χ3n) is 3.77. The number of anilines is 1. The maximum atomic E-state index is 11.8. The number of hydrogen-bond acceptors (Lipinski definition) is 2. The number of benzene rings is 2. The second-order valence-corrected chi connectivity index (χ2v) is 5.48. The lowest BCUT2D eigenvalue weighted by Gasteiger charge is -2.08. The molecule has 0 aliphatic heterocycles. The second kappa shape index (κ2) is 6.96. The lowest BCUT2D eigenvalue weighted by Crippen LogP contribution is -2.30. The molecule has 0 atom stereocenters. The van der Waals surface area contributed by atoms with Gasteiger partial charge in [-0.05, 0) is 37.1 Å². The Bertz CT molecular complexity index is 795. The molecule has 0 spiro atoms. The molecule has 118 valence electrons. The second-order valence-electron chi connectivity index (χ2n) is 5.48. The van der Waals surface area contributed by atoms with Crippen molar-refractivity contribution >= 4 is 22.6 Å². The first kappa shape index (κ1) is 15.1. The number of para-hydroxylation sites is 1. The van der Waals surface area contributed by atoms with Crippen LogP contribution in [0.4, 0.5) is 10.5 Å². The van der Waals surface area contributed by atoms with Crippen molar-refractivity contribution in [2.45, 2.75) is 19.9 Å². The molecular formula is C18H20N4O. The maximum absolute atomic E-state index is 11.8. The summed E-state index contributed by atoms with van der Waals surface area (Å²) in [7, 11) is 0. The molecule has 0 fully saturated rings. The molecule has 2 aromatic carbocycles. The number of aromatic nitrogens is 2. The number of aryl methyl sites for hydroxylation is 2. The van der Waals surface area contributed by atoms with E-state index in [2.05, 4.69) is 34.8 Å². The molecule has 0 aliphatic rings. The zero-order chi connectivity index (χ0) is 16.1. The van der Waals surface area contributed by atoms with Gasteiger partial charge in [0.05, 0.1) is 11.7 Å². The van der Waals surface area contributed by atoms with Gasteiger partial charge in [0.15, 0.2) is 0 Å². The molecule has 23 heavy (non-hydrogen) atoms. The molecule has 1 heterocycles. The zero-order valence-corrected chi connectivity index (χ0v) is 13.1. The van der Waals surface area contributed by atoms with Crippen molar-refractivity contribution in [1.82, 2.24) is 15.1 Å². The average Bonchev–Trinajstić information content (AvgIpc) is 2.97. The number of hydrogen-bond donors (Lipinski definition) is 2. The first-order valence-corrected chi connectivity index (χ1v) is 7.75. The van der Waals surface area contributed by atoms with E-state index in [4.69, 9.17) is 0 Å². The van der Waals surface area contributed by atoms with Crippen molar-refractivity contribution in [1.29, 1.82) is 0 Å². The lowest BCUT2D eigenvalue weighted by molar-refractivity contribution is 0.251. The average molecular weight is 308 g/mol. The number of fused-ring (bicyclic) bond motifs is 1. The highest BCUT2D eigenvalue weighted by Gasteiger charge is 2.05. The molecule has 0 bridgehead atoms. The fourth-order valence-corrected chi connectivity index (χ4v) is 2.55. The van der Waals surface area contributed by atoms with Crippen LogP contribution < -0.4 is 10.6 Å². The number of urea groups is 1. The van der Waals surface area contributed by atoms with Gasteiger partial charge in [0.1, 0.15) is 0 Å². The number of nitrogens with one attached hydrogen (secondary N) is 2.